The van der Waals surface area contributed by atoms with Gasteiger partial charge in [-0.25, -0.2) is 4.98 Å². The number of hydrogen-bond acceptors (Lipinski definition) is 5. The van der Waals surface area contributed by atoms with E-state index in [2.05, 4.69) is 27.1 Å². The van der Waals surface area contributed by atoms with E-state index < -0.39 is 0 Å². The van der Waals surface area contributed by atoms with Crippen LogP contribution in [0.25, 0.3) is 0 Å². The molecule has 2 rings (SSSR count). The van der Waals surface area contributed by atoms with Gasteiger partial charge in [0.2, 0.25) is 0 Å². The van der Waals surface area contributed by atoms with Gasteiger partial charge in [-0.05, 0) is 6.42 Å². The van der Waals surface area contributed by atoms with Gasteiger partial charge in [0.1, 0.15) is 11.6 Å². The van der Waals surface area contributed by atoms with Gasteiger partial charge in [0.05, 0.1) is 12.4 Å². The van der Waals surface area contributed by atoms with Crippen LogP contribution < -0.4 is 10.2 Å². The summed E-state index contributed by atoms with van der Waals surface area (Å²) in [6.45, 7) is 5.26. The Morgan fingerprint density at radius 1 is 1.38 bits per heavy atom. The van der Waals surface area contributed by atoms with E-state index in [4.69, 9.17) is 0 Å². The number of nitrogens with one attached hydrogen (secondary N) is 1. The Morgan fingerprint density at radius 2 is 2.19 bits per heavy atom. The van der Waals surface area contributed by atoms with Gasteiger partial charge in [-0.3, -0.25) is 4.98 Å². The number of nitrogens with zero attached hydrogens (tertiary/aromatic N) is 3. The zero-order valence-electron chi connectivity index (χ0n) is 9.65. The van der Waals surface area contributed by atoms with Crippen LogP contribution in [-0.4, -0.2) is 41.1 Å². The van der Waals surface area contributed by atoms with Crippen LogP contribution in [0.5, 0.6) is 0 Å². The molecule has 0 spiro atoms. The van der Waals surface area contributed by atoms with Gasteiger partial charge < -0.3 is 10.2 Å². The average molecular weight is 238 g/mol. The number of anilines is 2. The number of rotatable bonds is 4. The quantitative estimate of drug-likeness (QED) is 0.867. The van der Waals surface area contributed by atoms with E-state index in [0.29, 0.717) is 0 Å². The second-order valence-electron chi connectivity index (χ2n) is 3.79. The summed E-state index contributed by atoms with van der Waals surface area (Å²) < 4.78 is 0. The lowest BCUT2D eigenvalue weighted by Gasteiger charge is -2.27. The SMILES string of the molecule is CCCNc1cncc(N2CCSCC2)n1. The largest absolute Gasteiger partial charge is 0.369 e. The van der Waals surface area contributed by atoms with Crippen molar-refractivity contribution in [2.75, 3.05) is 41.4 Å². The molecule has 88 valence electrons. The van der Waals surface area contributed by atoms with Crippen LogP contribution in [0.15, 0.2) is 12.4 Å². The molecule has 0 radical (unpaired) electrons. The standard InChI is InChI=1S/C11H18N4S/c1-2-3-13-10-8-12-9-11(14-10)15-4-6-16-7-5-15/h8-9H,2-7H2,1H3,(H,13,14). The molecule has 2 heterocycles. The van der Waals surface area contributed by atoms with Gasteiger partial charge in [-0.15, -0.1) is 0 Å². The van der Waals surface area contributed by atoms with Crippen molar-refractivity contribution in [2.45, 2.75) is 13.3 Å². The minimum atomic E-state index is 0.887. The molecule has 1 fully saturated rings. The highest BCUT2D eigenvalue weighted by Gasteiger charge is 2.12. The van der Waals surface area contributed by atoms with Crippen molar-refractivity contribution >= 4 is 23.4 Å². The molecule has 0 bridgehead atoms. The molecule has 1 aliphatic heterocycles. The summed E-state index contributed by atoms with van der Waals surface area (Å²) in [5.74, 6) is 4.27. The Labute approximate surface area is 101 Å². The summed E-state index contributed by atoms with van der Waals surface area (Å²) in [6.07, 6.45) is 4.75. The van der Waals surface area contributed by atoms with Crippen LogP contribution in [-0.2, 0) is 0 Å². The van der Waals surface area contributed by atoms with Crippen LogP contribution in [0.3, 0.4) is 0 Å². The summed E-state index contributed by atoms with van der Waals surface area (Å²) in [5.41, 5.74) is 0. The van der Waals surface area contributed by atoms with E-state index in [1.54, 1.807) is 6.20 Å². The molecule has 16 heavy (non-hydrogen) atoms. The van der Waals surface area contributed by atoms with Crippen molar-refractivity contribution in [1.29, 1.82) is 0 Å². The first-order chi connectivity index (χ1) is 7.90. The topological polar surface area (TPSA) is 41.1 Å². The smallest absolute Gasteiger partial charge is 0.149 e. The van der Waals surface area contributed by atoms with Gasteiger partial charge in [-0.2, -0.15) is 11.8 Å². The van der Waals surface area contributed by atoms with E-state index in [-0.39, 0.29) is 0 Å². The fourth-order valence-electron chi connectivity index (χ4n) is 1.64. The lowest BCUT2D eigenvalue weighted by Crippen LogP contribution is -2.33. The van der Waals surface area contributed by atoms with Crippen LogP contribution in [0.2, 0.25) is 0 Å². The van der Waals surface area contributed by atoms with Gasteiger partial charge >= 0.3 is 0 Å². The summed E-state index contributed by atoms with van der Waals surface area (Å²) in [5, 5.41) is 3.27. The lowest BCUT2D eigenvalue weighted by molar-refractivity contribution is 0.833. The number of aromatic nitrogens is 2. The minimum Gasteiger partial charge on any atom is -0.369 e. The van der Waals surface area contributed by atoms with Crippen molar-refractivity contribution < 1.29 is 0 Å². The third-order valence-electron chi connectivity index (χ3n) is 2.51. The molecule has 1 aliphatic rings. The van der Waals surface area contributed by atoms with Gasteiger partial charge in [0, 0.05) is 31.1 Å². The van der Waals surface area contributed by atoms with Crippen LogP contribution in [0.4, 0.5) is 11.6 Å². The summed E-state index contributed by atoms with van der Waals surface area (Å²) in [6, 6.07) is 0. The van der Waals surface area contributed by atoms with E-state index in [1.165, 1.54) is 11.5 Å². The van der Waals surface area contributed by atoms with Crippen molar-refractivity contribution in [3.63, 3.8) is 0 Å². The van der Waals surface area contributed by atoms with Crippen molar-refractivity contribution in [3.05, 3.63) is 12.4 Å². The Morgan fingerprint density at radius 3 is 2.94 bits per heavy atom. The Hall–Kier alpha value is -0.970. The van der Waals surface area contributed by atoms with Gasteiger partial charge in [-0.1, -0.05) is 6.92 Å². The predicted octanol–water partition coefficient (Wildman–Crippen LogP) is 1.85. The van der Waals surface area contributed by atoms with Crippen molar-refractivity contribution in [2.24, 2.45) is 0 Å². The molecule has 0 saturated carbocycles. The molecule has 1 saturated heterocycles. The molecule has 5 heteroatoms. The highest BCUT2D eigenvalue weighted by atomic mass is 32.2. The fourth-order valence-corrected chi connectivity index (χ4v) is 2.54. The molecule has 0 aliphatic carbocycles. The first-order valence-corrected chi connectivity index (χ1v) is 6.94. The lowest BCUT2D eigenvalue weighted by atomic mass is 10.4. The summed E-state index contributed by atoms with van der Waals surface area (Å²) in [7, 11) is 0. The highest BCUT2D eigenvalue weighted by Crippen LogP contribution is 2.17. The Balaban J connectivity index is 2.02. The zero-order chi connectivity index (χ0) is 11.2. The molecular formula is C11H18N4S. The number of hydrogen-bond donors (Lipinski definition) is 1. The molecule has 1 aromatic heterocycles. The monoisotopic (exact) mass is 238 g/mol. The maximum atomic E-state index is 4.58. The van der Waals surface area contributed by atoms with E-state index in [0.717, 1.165) is 37.7 Å². The highest BCUT2D eigenvalue weighted by molar-refractivity contribution is 7.99. The molecule has 1 N–H and O–H groups in total. The normalized spacial score (nSPS) is 16.2. The van der Waals surface area contributed by atoms with Gasteiger partial charge in [0.15, 0.2) is 0 Å². The first kappa shape index (κ1) is 11.5. The van der Waals surface area contributed by atoms with E-state index in [9.17, 15) is 0 Å². The summed E-state index contributed by atoms with van der Waals surface area (Å²) in [4.78, 5) is 11.1. The second-order valence-corrected chi connectivity index (χ2v) is 5.01. The van der Waals surface area contributed by atoms with Crippen molar-refractivity contribution in [1.82, 2.24) is 9.97 Å². The van der Waals surface area contributed by atoms with Crippen LogP contribution in [0, 0.1) is 0 Å². The first-order valence-electron chi connectivity index (χ1n) is 5.79. The third kappa shape index (κ3) is 3.01. The van der Waals surface area contributed by atoms with E-state index in [1.807, 2.05) is 18.0 Å². The minimum absolute atomic E-state index is 0.887. The third-order valence-corrected chi connectivity index (χ3v) is 3.46. The molecular weight excluding hydrogens is 220 g/mol. The Bertz CT molecular complexity index is 326. The Kier molecular flexibility index (Phi) is 4.27. The maximum Gasteiger partial charge on any atom is 0.149 e. The van der Waals surface area contributed by atoms with Crippen LogP contribution in [0.1, 0.15) is 13.3 Å². The average Bonchev–Trinajstić information content (AvgIpc) is 2.38. The maximum absolute atomic E-state index is 4.58. The second kappa shape index (κ2) is 5.94. The van der Waals surface area contributed by atoms with Crippen molar-refractivity contribution in [3.8, 4) is 0 Å². The number of thioether (sulfide) groups is 1. The van der Waals surface area contributed by atoms with Gasteiger partial charge in [0.25, 0.3) is 0 Å². The molecule has 0 atom stereocenters. The molecule has 0 unspecified atom stereocenters. The molecule has 0 aromatic carbocycles. The molecule has 0 amide bonds. The van der Waals surface area contributed by atoms with Crippen LogP contribution >= 0.6 is 11.8 Å². The predicted molar refractivity (Wildman–Crippen MR) is 70.4 cm³/mol. The molecule has 1 aromatic rings. The van der Waals surface area contributed by atoms with E-state index >= 15 is 0 Å². The zero-order valence-corrected chi connectivity index (χ0v) is 10.5. The fraction of sp³-hybridized carbons (Fsp3) is 0.636. The summed E-state index contributed by atoms with van der Waals surface area (Å²) >= 11 is 2.01. The molecule has 4 nitrogen and oxygen atoms in total.